The molecule has 0 unspecified atom stereocenters. The second-order valence-electron chi connectivity index (χ2n) is 8.51. The van der Waals surface area contributed by atoms with Crippen LogP contribution in [-0.2, 0) is 9.53 Å². The lowest BCUT2D eigenvalue weighted by atomic mass is 10.0. The minimum absolute atomic E-state index is 0.285. The van der Waals surface area contributed by atoms with E-state index >= 15 is 0 Å². The number of hydrogen-bond donors (Lipinski definition) is 2. The van der Waals surface area contributed by atoms with Gasteiger partial charge in [0.25, 0.3) is 0 Å². The Bertz CT molecular complexity index is 1190. The smallest absolute Gasteiger partial charge is 0.412 e. The molecule has 0 aliphatic rings. The number of rotatable bonds is 7. The van der Waals surface area contributed by atoms with E-state index in [0.29, 0.717) is 17.0 Å². The number of ketones is 1. The van der Waals surface area contributed by atoms with Crippen LogP contribution in [0.25, 0.3) is 11.1 Å². The third-order valence-corrected chi connectivity index (χ3v) is 4.64. The molecule has 0 atom stereocenters. The highest BCUT2D eigenvalue weighted by atomic mass is 16.6. The number of carbonyl (C=O) groups is 3. The molecule has 2 aromatic carbocycles. The highest BCUT2D eigenvalue weighted by Gasteiger charge is 2.19. The normalized spacial score (nSPS) is 10.8. The van der Waals surface area contributed by atoms with Gasteiger partial charge in [0.1, 0.15) is 11.4 Å². The Balaban J connectivity index is 1.72. The van der Waals surface area contributed by atoms with E-state index in [2.05, 4.69) is 15.6 Å². The first-order chi connectivity index (χ1) is 16.1. The van der Waals surface area contributed by atoms with Gasteiger partial charge in [-0.2, -0.15) is 0 Å². The molecule has 0 saturated heterocycles. The molecule has 0 saturated carbocycles. The summed E-state index contributed by atoms with van der Waals surface area (Å²) in [5.74, 6) is -0.375. The number of pyridine rings is 1. The van der Waals surface area contributed by atoms with Crippen LogP contribution in [0.1, 0.15) is 37.6 Å². The first-order valence-corrected chi connectivity index (χ1v) is 10.7. The number of nitrogens with zero attached hydrogens (tertiary/aromatic N) is 1. The standard InChI is InChI=1S/C26H27N3O5/c1-26(2,3)34-25(32)29-22-14-20(33-4)10-11-21(22)28-24(31)15-23(30)18-8-5-7-17(13-18)19-9-6-12-27-16-19/h5-14,16H,15H2,1-4H3,(H,28,31)(H,29,32). The first-order valence-electron chi connectivity index (χ1n) is 10.7. The van der Waals surface area contributed by atoms with Gasteiger partial charge in [-0.1, -0.05) is 24.3 Å². The molecule has 8 nitrogen and oxygen atoms in total. The van der Waals surface area contributed by atoms with Crippen LogP contribution >= 0.6 is 0 Å². The van der Waals surface area contributed by atoms with Gasteiger partial charge in [0.2, 0.25) is 5.91 Å². The van der Waals surface area contributed by atoms with Crippen LogP contribution in [-0.4, -0.2) is 35.5 Å². The number of nitrogens with one attached hydrogen (secondary N) is 2. The molecule has 1 aromatic heterocycles. The van der Waals surface area contributed by atoms with Crippen molar-refractivity contribution in [1.29, 1.82) is 0 Å². The first kappa shape index (κ1) is 24.4. The Morgan fingerprint density at radius 3 is 2.35 bits per heavy atom. The maximum Gasteiger partial charge on any atom is 0.412 e. The van der Waals surface area contributed by atoms with Crippen LogP contribution in [0.3, 0.4) is 0 Å². The molecule has 1 heterocycles. The van der Waals surface area contributed by atoms with Crippen molar-refractivity contribution in [3.63, 3.8) is 0 Å². The van der Waals surface area contributed by atoms with Gasteiger partial charge >= 0.3 is 6.09 Å². The van der Waals surface area contributed by atoms with Crippen LogP contribution in [0.5, 0.6) is 5.75 Å². The number of Topliss-reactive ketones (excluding diaryl/α,β-unsaturated/α-hetero) is 1. The molecule has 8 heteroatoms. The molecule has 0 bridgehead atoms. The van der Waals surface area contributed by atoms with E-state index in [1.807, 2.05) is 18.2 Å². The summed E-state index contributed by atoms with van der Waals surface area (Å²) >= 11 is 0. The third-order valence-electron chi connectivity index (χ3n) is 4.64. The summed E-state index contributed by atoms with van der Waals surface area (Å²) in [5.41, 5.74) is 2.03. The molecule has 3 rings (SSSR count). The lowest BCUT2D eigenvalue weighted by Gasteiger charge is -2.20. The summed E-state index contributed by atoms with van der Waals surface area (Å²) in [7, 11) is 1.49. The fourth-order valence-electron chi connectivity index (χ4n) is 3.12. The summed E-state index contributed by atoms with van der Waals surface area (Å²) in [6.07, 6.45) is 2.33. The molecule has 0 radical (unpaired) electrons. The molecule has 2 amide bonds. The van der Waals surface area contributed by atoms with Gasteiger partial charge in [0.15, 0.2) is 5.78 Å². The van der Waals surface area contributed by atoms with Crippen molar-refractivity contribution < 1.29 is 23.9 Å². The topological polar surface area (TPSA) is 107 Å². The van der Waals surface area contributed by atoms with Gasteiger partial charge in [0.05, 0.1) is 24.9 Å². The summed E-state index contributed by atoms with van der Waals surface area (Å²) in [5, 5.41) is 5.29. The van der Waals surface area contributed by atoms with Crippen LogP contribution in [0.15, 0.2) is 67.0 Å². The predicted octanol–water partition coefficient (Wildman–Crippen LogP) is 5.32. The number of ether oxygens (including phenoxy) is 2. The number of anilines is 2. The van der Waals surface area contributed by atoms with Crippen molar-refractivity contribution in [3.05, 3.63) is 72.6 Å². The molecule has 2 N–H and O–H groups in total. The molecule has 0 aliphatic carbocycles. The van der Waals surface area contributed by atoms with Crippen LogP contribution in [0, 0.1) is 0 Å². The molecular formula is C26H27N3O5. The highest BCUT2D eigenvalue weighted by Crippen LogP contribution is 2.28. The van der Waals surface area contributed by atoms with Gasteiger partial charge < -0.3 is 14.8 Å². The lowest BCUT2D eigenvalue weighted by molar-refractivity contribution is -0.115. The SMILES string of the molecule is COc1ccc(NC(=O)CC(=O)c2cccc(-c3cccnc3)c2)c(NC(=O)OC(C)(C)C)c1. The van der Waals surface area contributed by atoms with Gasteiger partial charge in [-0.3, -0.25) is 19.9 Å². The van der Waals surface area contributed by atoms with E-state index in [-0.39, 0.29) is 17.9 Å². The Kier molecular flexibility index (Phi) is 7.63. The third kappa shape index (κ3) is 6.90. The minimum atomic E-state index is -0.691. The molecule has 3 aromatic rings. The Morgan fingerprint density at radius 2 is 1.68 bits per heavy atom. The summed E-state index contributed by atoms with van der Waals surface area (Å²) in [6.45, 7) is 5.24. The van der Waals surface area contributed by atoms with E-state index in [0.717, 1.165) is 11.1 Å². The fraction of sp³-hybridized carbons (Fsp3) is 0.231. The van der Waals surface area contributed by atoms with Gasteiger partial charge in [-0.25, -0.2) is 4.79 Å². The highest BCUT2D eigenvalue weighted by molar-refractivity contribution is 6.12. The largest absolute Gasteiger partial charge is 0.497 e. The summed E-state index contributed by atoms with van der Waals surface area (Å²) < 4.78 is 10.5. The summed E-state index contributed by atoms with van der Waals surface area (Å²) in [6, 6.07) is 15.5. The van der Waals surface area contributed by atoms with Crippen molar-refractivity contribution in [2.75, 3.05) is 17.7 Å². The van der Waals surface area contributed by atoms with E-state index < -0.39 is 17.6 Å². The number of aromatic nitrogens is 1. The average molecular weight is 462 g/mol. The number of amides is 2. The minimum Gasteiger partial charge on any atom is -0.497 e. The monoisotopic (exact) mass is 461 g/mol. The Morgan fingerprint density at radius 1 is 0.912 bits per heavy atom. The van der Waals surface area contributed by atoms with Crippen LogP contribution < -0.4 is 15.4 Å². The van der Waals surface area contributed by atoms with Crippen molar-refractivity contribution in [1.82, 2.24) is 4.98 Å². The van der Waals surface area contributed by atoms with Crippen molar-refractivity contribution in [2.45, 2.75) is 32.8 Å². The molecular weight excluding hydrogens is 434 g/mol. The lowest BCUT2D eigenvalue weighted by Crippen LogP contribution is -2.27. The van der Waals surface area contributed by atoms with Crippen LogP contribution in [0.4, 0.5) is 16.2 Å². The van der Waals surface area contributed by atoms with E-state index in [1.165, 1.54) is 7.11 Å². The maximum atomic E-state index is 12.8. The number of carbonyl (C=O) groups excluding carboxylic acids is 3. The van der Waals surface area contributed by atoms with E-state index in [4.69, 9.17) is 9.47 Å². The number of methoxy groups -OCH3 is 1. The predicted molar refractivity (Wildman–Crippen MR) is 130 cm³/mol. The summed E-state index contributed by atoms with van der Waals surface area (Å²) in [4.78, 5) is 41.7. The van der Waals surface area contributed by atoms with Crippen molar-refractivity contribution in [3.8, 4) is 16.9 Å². The van der Waals surface area contributed by atoms with Crippen molar-refractivity contribution >= 4 is 29.2 Å². The van der Waals surface area contributed by atoms with Gasteiger partial charge in [0, 0.05) is 29.6 Å². The molecule has 0 aliphatic heterocycles. The maximum absolute atomic E-state index is 12.8. The quantitative estimate of drug-likeness (QED) is 0.364. The van der Waals surface area contributed by atoms with Gasteiger partial charge in [-0.15, -0.1) is 0 Å². The zero-order valence-electron chi connectivity index (χ0n) is 19.5. The van der Waals surface area contributed by atoms with Crippen molar-refractivity contribution in [2.24, 2.45) is 0 Å². The fourth-order valence-corrected chi connectivity index (χ4v) is 3.12. The zero-order chi connectivity index (χ0) is 24.7. The molecule has 176 valence electrons. The van der Waals surface area contributed by atoms with E-state index in [9.17, 15) is 14.4 Å². The Hall–Kier alpha value is -4.20. The van der Waals surface area contributed by atoms with Gasteiger partial charge in [-0.05, 0) is 50.6 Å². The molecule has 34 heavy (non-hydrogen) atoms. The Labute approximate surface area is 198 Å². The number of benzene rings is 2. The second-order valence-corrected chi connectivity index (χ2v) is 8.51. The molecule has 0 fully saturated rings. The number of hydrogen-bond acceptors (Lipinski definition) is 6. The zero-order valence-corrected chi connectivity index (χ0v) is 19.5. The van der Waals surface area contributed by atoms with Crippen LogP contribution in [0.2, 0.25) is 0 Å². The molecule has 0 spiro atoms. The second kappa shape index (κ2) is 10.6. The average Bonchev–Trinajstić information content (AvgIpc) is 2.79. The van der Waals surface area contributed by atoms with E-state index in [1.54, 1.807) is 69.6 Å².